The fourth-order valence-corrected chi connectivity index (χ4v) is 3.37. The standard InChI is InChI=1S/C15H12ClF3N2O4S/c1-21(25-2)26(23,24)14-5-8(3-4-9(14)16)15(22)20-13-7-11(18)10(17)6-12(13)19/h3-7H,1-2H3,(H,20,22). The maximum Gasteiger partial charge on any atom is 0.266 e. The van der Waals surface area contributed by atoms with Gasteiger partial charge >= 0.3 is 0 Å². The highest BCUT2D eigenvalue weighted by atomic mass is 35.5. The fourth-order valence-electron chi connectivity index (χ4n) is 1.89. The number of nitrogens with zero attached hydrogens (tertiary/aromatic N) is 1. The number of carbonyl (C=O) groups is 1. The molecule has 0 aromatic heterocycles. The molecule has 0 aliphatic heterocycles. The lowest BCUT2D eigenvalue weighted by molar-refractivity contribution is -0.0258. The molecule has 0 radical (unpaired) electrons. The van der Waals surface area contributed by atoms with Crippen molar-refractivity contribution < 1.29 is 31.2 Å². The first-order valence-corrected chi connectivity index (χ1v) is 8.68. The first-order chi connectivity index (χ1) is 12.1. The van der Waals surface area contributed by atoms with E-state index in [1.54, 1.807) is 0 Å². The highest BCUT2D eigenvalue weighted by Crippen LogP contribution is 2.26. The van der Waals surface area contributed by atoms with Crippen molar-refractivity contribution in [3.8, 4) is 0 Å². The molecular formula is C15H12ClF3N2O4S. The minimum atomic E-state index is -4.15. The van der Waals surface area contributed by atoms with Gasteiger partial charge in [0, 0.05) is 24.7 Å². The fraction of sp³-hybridized carbons (Fsp3) is 0.133. The molecule has 140 valence electrons. The first kappa shape index (κ1) is 20.2. The lowest BCUT2D eigenvalue weighted by Gasteiger charge is -2.16. The Hall–Kier alpha value is -2.14. The van der Waals surface area contributed by atoms with E-state index in [2.05, 4.69) is 4.84 Å². The number of hydrogen-bond acceptors (Lipinski definition) is 4. The van der Waals surface area contributed by atoms with Gasteiger partial charge in [-0.15, -0.1) is 0 Å². The largest absolute Gasteiger partial charge is 0.319 e. The number of carbonyl (C=O) groups excluding carboxylic acids is 1. The second-order valence-electron chi connectivity index (χ2n) is 4.94. The van der Waals surface area contributed by atoms with Gasteiger partial charge in [-0.1, -0.05) is 16.1 Å². The second-order valence-corrected chi connectivity index (χ2v) is 7.25. The molecule has 26 heavy (non-hydrogen) atoms. The molecule has 0 saturated carbocycles. The molecule has 0 fully saturated rings. The zero-order valence-electron chi connectivity index (χ0n) is 13.4. The van der Waals surface area contributed by atoms with Crippen molar-refractivity contribution in [3.05, 3.63) is 58.4 Å². The minimum Gasteiger partial charge on any atom is -0.319 e. The average Bonchev–Trinajstić information content (AvgIpc) is 2.58. The van der Waals surface area contributed by atoms with E-state index in [4.69, 9.17) is 11.6 Å². The van der Waals surface area contributed by atoms with E-state index in [9.17, 15) is 26.4 Å². The molecule has 2 aromatic carbocycles. The molecule has 1 N–H and O–H groups in total. The number of amides is 1. The number of rotatable bonds is 5. The van der Waals surface area contributed by atoms with Gasteiger partial charge in [0.25, 0.3) is 15.9 Å². The summed E-state index contributed by atoms with van der Waals surface area (Å²) in [7, 11) is -1.91. The first-order valence-electron chi connectivity index (χ1n) is 6.86. The highest BCUT2D eigenvalue weighted by Gasteiger charge is 2.25. The number of halogens is 4. The molecule has 11 heteroatoms. The summed E-state index contributed by atoms with van der Waals surface area (Å²) in [6.07, 6.45) is 0. The Bertz CT molecular complexity index is 970. The Morgan fingerprint density at radius 1 is 1.12 bits per heavy atom. The van der Waals surface area contributed by atoms with Crippen molar-refractivity contribution >= 4 is 33.2 Å². The van der Waals surface area contributed by atoms with E-state index in [-0.39, 0.29) is 16.7 Å². The van der Waals surface area contributed by atoms with Gasteiger partial charge in [-0.25, -0.2) is 21.6 Å². The van der Waals surface area contributed by atoms with Crippen molar-refractivity contribution in [1.82, 2.24) is 4.47 Å². The van der Waals surface area contributed by atoms with Gasteiger partial charge in [0.05, 0.1) is 17.8 Å². The lowest BCUT2D eigenvalue weighted by atomic mass is 10.2. The summed E-state index contributed by atoms with van der Waals surface area (Å²) < 4.78 is 64.9. The summed E-state index contributed by atoms with van der Waals surface area (Å²) in [6, 6.07) is 4.01. The van der Waals surface area contributed by atoms with Crippen LogP contribution in [0.15, 0.2) is 35.2 Å². The van der Waals surface area contributed by atoms with E-state index in [1.807, 2.05) is 5.32 Å². The Kier molecular flexibility index (Phi) is 5.91. The summed E-state index contributed by atoms with van der Waals surface area (Å²) in [6.45, 7) is 0. The van der Waals surface area contributed by atoms with Gasteiger partial charge < -0.3 is 5.32 Å². The van der Waals surface area contributed by atoms with Gasteiger partial charge in [0.2, 0.25) is 0 Å². The molecule has 1 amide bonds. The summed E-state index contributed by atoms with van der Waals surface area (Å²) in [5.74, 6) is -4.92. The number of hydroxylamine groups is 1. The summed E-state index contributed by atoms with van der Waals surface area (Å²) >= 11 is 5.87. The van der Waals surface area contributed by atoms with Crippen LogP contribution < -0.4 is 5.32 Å². The number of anilines is 1. The molecule has 0 saturated heterocycles. The Morgan fingerprint density at radius 2 is 1.73 bits per heavy atom. The Labute approximate surface area is 152 Å². The molecule has 0 atom stereocenters. The van der Waals surface area contributed by atoms with Crippen molar-refractivity contribution in [2.45, 2.75) is 4.90 Å². The molecule has 0 spiro atoms. The van der Waals surface area contributed by atoms with Crippen LogP contribution in [0.1, 0.15) is 10.4 Å². The second kappa shape index (κ2) is 7.62. The van der Waals surface area contributed by atoms with Crippen LogP contribution in [-0.2, 0) is 14.9 Å². The number of sulfonamides is 1. The molecule has 0 aliphatic carbocycles. The molecule has 0 aliphatic rings. The van der Waals surface area contributed by atoms with Crippen molar-refractivity contribution in [1.29, 1.82) is 0 Å². The van der Waals surface area contributed by atoms with E-state index < -0.39 is 44.0 Å². The van der Waals surface area contributed by atoms with Crippen molar-refractivity contribution in [2.24, 2.45) is 0 Å². The van der Waals surface area contributed by atoms with Crippen LogP contribution in [0.3, 0.4) is 0 Å². The van der Waals surface area contributed by atoms with Crippen LogP contribution >= 0.6 is 11.6 Å². The molecule has 6 nitrogen and oxygen atoms in total. The van der Waals surface area contributed by atoms with Gasteiger partial charge in [0.15, 0.2) is 11.6 Å². The van der Waals surface area contributed by atoms with E-state index in [0.717, 1.165) is 26.3 Å². The summed E-state index contributed by atoms with van der Waals surface area (Å²) in [5, 5.41) is 1.86. The lowest BCUT2D eigenvalue weighted by Crippen LogP contribution is -2.26. The molecule has 2 aromatic rings. The predicted molar refractivity (Wildman–Crippen MR) is 87.7 cm³/mol. The monoisotopic (exact) mass is 408 g/mol. The SMILES string of the molecule is CON(C)S(=O)(=O)c1cc(C(=O)Nc2cc(F)c(F)cc2F)ccc1Cl. The minimum absolute atomic E-state index is 0.176. The molecule has 0 heterocycles. The maximum atomic E-state index is 13.6. The normalized spacial score (nSPS) is 11.7. The highest BCUT2D eigenvalue weighted by molar-refractivity contribution is 7.89. The quantitative estimate of drug-likeness (QED) is 0.609. The van der Waals surface area contributed by atoms with Crippen molar-refractivity contribution in [3.63, 3.8) is 0 Å². The van der Waals surface area contributed by atoms with Gasteiger partial charge in [-0.05, 0) is 18.2 Å². The third-order valence-corrected chi connectivity index (χ3v) is 5.49. The summed E-state index contributed by atoms with van der Waals surface area (Å²) in [4.78, 5) is 16.4. The van der Waals surface area contributed by atoms with Crippen LogP contribution in [0.2, 0.25) is 5.02 Å². The number of benzene rings is 2. The number of nitrogens with one attached hydrogen (secondary N) is 1. The van der Waals surface area contributed by atoms with E-state index in [0.29, 0.717) is 10.5 Å². The maximum absolute atomic E-state index is 13.6. The van der Waals surface area contributed by atoms with Gasteiger partial charge in [0.1, 0.15) is 10.7 Å². The predicted octanol–water partition coefficient (Wildman–Crippen LogP) is 3.19. The zero-order valence-corrected chi connectivity index (χ0v) is 15.0. The summed E-state index contributed by atoms with van der Waals surface area (Å²) in [5.41, 5.74) is -0.816. The Balaban J connectivity index is 2.40. The van der Waals surface area contributed by atoms with Gasteiger partial charge in [-0.2, -0.15) is 0 Å². The van der Waals surface area contributed by atoms with Crippen LogP contribution in [0, 0.1) is 17.5 Å². The van der Waals surface area contributed by atoms with Crippen LogP contribution in [0.25, 0.3) is 0 Å². The van der Waals surface area contributed by atoms with Crippen LogP contribution in [0.4, 0.5) is 18.9 Å². The van der Waals surface area contributed by atoms with E-state index >= 15 is 0 Å². The van der Waals surface area contributed by atoms with Gasteiger partial charge in [-0.3, -0.25) is 9.63 Å². The topological polar surface area (TPSA) is 75.7 Å². The van der Waals surface area contributed by atoms with Crippen LogP contribution in [0.5, 0.6) is 0 Å². The van der Waals surface area contributed by atoms with Crippen molar-refractivity contribution in [2.75, 3.05) is 19.5 Å². The number of hydrogen-bond donors (Lipinski definition) is 1. The zero-order chi connectivity index (χ0) is 19.6. The van der Waals surface area contributed by atoms with Crippen LogP contribution in [-0.4, -0.2) is 33.0 Å². The smallest absolute Gasteiger partial charge is 0.266 e. The molecule has 0 unspecified atom stereocenters. The molecule has 0 bridgehead atoms. The third-order valence-electron chi connectivity index (χ3n) is 3.33. The molecule has 2 rings (SSSR count). The molecular weight excluding hydrogens is 397 g/mol. The Morgan fingerprint density at radius 3 is 2.35 bits per heavy atom. The third kappa shape index (κ3) is 3.98. The van der Waals surface area contributed by atoms with E-state index in [1.165, 1.54) is 6.07 Å². The average molecular weight is 409 g/mol.